The molecule has 1 amide bonds. The molecule has 5 N–H and O–H groups in total. The topological polar surface area (TPSA) is 107 Å². The van der Waals surface area contributed by atoms with Crippen LogP contribution in [0.4, 0.5) is 5.88 Å². The first kappa shape index (κ1) is 15.0. The van der Waals surface area contributed by atoms with E-state index in [-0.39, 0.29) is 29.9 Å². The van der Waals surface area contributed by atoms with E-state index in [1.165, 1.54) is 0 Å². The molecule has 2 rings (SSSR count). The highest BCUT2D eigenvalue weighted by Crippen LogP contribution is 2.29. The van der Waals surface area contributed by atoms with Crippen molar-refractivity contribution in [2.24, 2.45) is 5.73 Å². The van der Waals surface area contributed by atoms with E-state index in [9.17, 15) is 4.79 Å². The molecule has 2 aromatic rings. The van der Waals surface area contributed by atoms with E-state index in [2.05, 4.69) is 10.5 Å². The minimum atomic E-state index is -0.347. The summed E-state index contributed by atoms with van der Waals surface area (Å²) in [6, 6.07) is 9.25. The molecule has 7 heteroatoms. The summed E-state index contributed by atoms with van der Waals surface area (Å²) in [5.41, 5.74) is 12.5. The van der Waals surface area contributed by atoms with Crippen molar-refractivity contribution < 1.29 is 9.32 Å². The lowest BCUT2D eigenvalue weighted by atomic mass is 10.1. The van der Waals surface area contributed by atoms with Gasteiger partial charge in [-0.05, 0) is 5.56 Å². The highest BCUT2D eigenvalue weighted by atomic mass is 35.5. The molecule has 0 saturated carbocycles. The summed E-state index contributed by atoms with van der Waals surface area (Å²) in [5.74, 6) is -0.223. The Morgan fingerprint density at radius 1 is 1.32 bits per heavy atom. The van der Waals surface area contributed by atoms with Crippen LogP contribution in [-0.4, -0.2) is 24.2 Å². The molecule has 0 radical (unpaired) electrons. The van der Waals surface area contributed by atoms with Crippen molar-refractivity contribution in [3.05, 3.63) is 36.0 Å². The number of aromatic nitrogens is 1. The Kier molecular flexibility index (Phi) is 5.35. The fourth-order valence-electron chi connectivity index (χ4n) is 1.61. The zero-order chi connectivity index (χ0) is 13.0. The molecule has 0 aliphatic carbocycles. The van der Waals surface area contributed by atoms with Gasteiger partial charge in [-0.15, -0.1) is 12.4 Å². The Balaban J connectivity index is 0.00000180. The van der Waals surface area contributed by atoms with E-state index in [4.69, 9.17) is 16.0 Å². The number of halogens is 1. The van der Waals surface area contributed by atoms with Gasteiger partial charge in [0.15, 0.2) is 5.69 Å². The number of nitrogens with zero attached hydrogens (tertiary/aromatic N) is 1. The van der Waals surface area contributed by atoms with Crippen LogP contribution >= 0.6 is 12.4 Å². The number of amides is 1. The quantitative estimate of drug-likeness (QED) is 0.776. The zero-order valence-electron chi connectivity index (χ0n) is 10.1. The minimum absolute atomic E-state index is 0. The Morgan fingerprint density at radius 3 is 2.63 bits per heavy atom. The predicted octanol–water partition coefficient (Wildman–Crippen LogP) is 1.03. The zero-order valence-corrected chi connectivity index (χ0v) is 10.9. The van der Waals surface area contributed by atoms with Crippen LogP contribution in [0.1, 0.15) is 10.5 Å². The summed E-state index contributed by atoms with van der Waals surface area (Å²) >= 11 is 0. The van der Waals surface area contributed by atoms with Gasteiger partial charge in [-0.3, -0.25) is 4.79 Å². The summed E-state index contributed by atoms with van der Waals surface area (Å²) in [5, 5.41) is 6.32. The first-order valence-electron chi connectivity index (χ1n) is 5.53. The molecular formula is C12H15ClN4O2. The molecular weight excluding hydrogens is 268 g/mol. The molecule has 102 valence electrons. The molecule has 1 aromatic carbocycles. The highest BCUT2D eigenvalue weighted by Gasteiger charge is 2.21. The average molecular weight is 283 g/mol. The largest absolute Gasteiger partial charge is 0.367 e. The van der Waals surface area contributed by atoms with Crippen molar-refractivity contribution in [1.29, 1.82) is 0 Å². The molecule has 0 aliphatic rings. The summed E-state index contributed by atoms with van der Waals surface area (Å²) in [6.07, 6.45) is 0. The monoisotopic (exact) mass is 282 g/mol. The average Bonchev–Trinajstić information content (AvgIpc) is 2.79. The molecule has 1 aromatic heterocycles. The summed E-state index contributed by atoms with van der Waals surface area (Å²) in [4.78, 5) is 11.9. The Hall–Kier alpha value is -2.05. The van der Waals surface area contributed by atoms with Crippen molar-refractivity contribution in [2.75, 3.05) is 18.8 Å². The normalized spacial score (nSPS) is 9.74. The summed E-state index contributed by atoms with van der Waals surface area (Å²) in [6.45, 7) is 0.736. The number of carbonyl (C=O) groups excluding carboxylic acids is 1. The molecule has 0 saturated heterocycles. The second kappa shape index (κ2) is 6.77. The third kappa shape index (κ3) is 3.24. The maximum atomic E-state index is 11.9. The molecule has 0 aliphatic heterocycles. The first-order valence-corrected chi connectivity index (χ1v) is 5.53. The van der Waals surface area contributed by atoms with E-state index in [1.54, 1.807) is 0 Å². The summed E-state index contributed by atoms with van der Waals surface area (Å²) < 4.78 is 4.89. The fraction of sp³-hybridized carbons (Fsp3) is 0.167. The van der Waals surface area contributed by atoms with Gasteiger partial charge in [-0.1, -0.05) is 35.5 Å². The van der Waals surface area contributed by atoms with Crippen molar-refractivity contribution in [2.45, 2.75) is 0 Å². The maximum absolute atomic E-state index is 11.9. The number of nitrogen functional groups attached to an aromatic ring is 1. The lowest BCUT2D eigenvalue weighted by Crippen LogP contribution is -2.29. The fourth-order valence-corrected chi connectivity index (χ4v) is 1.61. The van der Waals surface area contributed by atoms with Gasteiger partial charge in [-0.25, -0.2) is 0 Å². The molecule has 19 heavy (non-hydrogen) atoms. The van der Waals surface area contributed by atoms with Gasteiger partial charge in [0, 0.05) is 13.1 Å². The third-order valence-electron chi connectivity index (χ3n) is 2.43. The SMILES string of the molecule is Cl.NCCNC(=O)c1noc(N)c1-c1ccccc1. The van der Waals surface area contributed by atoms with Crippen LogP contribution in [0.15, 0.2) is 34.9 Å². The van der Waals surface area contributed by atoms with Crippen LogP contribution in [0.5, 0.6) is 0 Å². The van der Waals surface area contributed by atoms with Gasteiger partial charge in [0.2, 0.25) is 5.88 Å². The van der Waals surface area contributed by atoms with Crippen molar-refractivity contribution >= 4 is 24.2 Å². The molecule has 0 fully saturated rings. The number of hydrogen-bond donors (Lipinski definition) is 3. The van der Waals surface area contributed by atoms with Gasteiger partial charge in [0.25, 0.3) is 5.91 Å². The lowest BCUT2D eigenvalue weighted by Gasteiger charge is -2.03. The second-order valence-electron chi connectivity index (χ2n) is 3.68. The number of rotatable bonds is 4. The predicted molar refractivity (Wildman–Crippen MR) is 75.0 cm³/mol. The van der Waals surface area contributed by atoms with Gasteiger partial charge in [0.1, 0.15) is 0 Å². The number of carbonyl (C=O) groups is 1. The minimum Gasteiger partial charge on any atom is -0.367 e. The standard InChI is InChI=1S/C12H14N4O2.ClH/c13-6-7-15-12(17)10-9(11(14)18-16-10)8-4-2-1-3-5-8;/h1-5H,6-7,13-14H2,(H,15,17);1H. The van der Waals surface area contributed by atoms with Gasteiger partial charge in [-0.2, -0.15) is 0 Å². The van der Waals surface area contributed by atoms with Crippen LogP contribution in [0.2, 0.25) is 0 Å². The van der Waals surface area contributed by atoms with Crippen LogP contribution in [-0.2, 0) is 0 Å². The van der Waals surface area contributed by atoms with Crippen molar-refractivity contribution in [1.82, 2.24) is 10.5 Å². The Bertz CT molecular complexity index is 542. The Labute approximate surface area is 116 Å². The number of anilines is 1. The van der Waals surface area contributed by atoms with Gasteiger partial charge < -0.3 is 21.3 Å². The van der Waals surface area contributed by atoms with Gasteiger partial charge in [0.05, 0.1) is 5.56 Å². The van der Waals surface area contributed by atoms with E-state index in [1.807, 2.05) is 30.3 Å². The number of nitrogens with one attached hydrogen (secondary N) is 1. The molecule has 1 heterocycles. The van der Waals surface area contributed by atoms with E-state index >= 15 is 0 Å². The first-order chi connectivity index (χ1) is 8.74. The molecule has 0 spiro atoms. The smallest absolute Gasteiger partial charge is 0.274 e. The molecule has 6 nitrogen and oxygen atoms in total. The van der Waals surface area contributed by atoms with Crippen molar-refractivity contribution in [3.8, 4) is 11.1 Å². The Morgan fingerprint density at radius 2 is 2.00 bits per heavy atom. The number of benzene rings is 1. The van der Waals surface area contributed by atoms with E-state index in [0.29, 0.717) is 18.7 Å². The number of nitrogens with two attached hydrogens (primary N) is 2. The number of hydrogen-bond acceptors (Lipinski definition) is 5. The molecule has 0 bridgehead atoms. The van der Waals surface area contributed by atoms with Crippen LogP contribution in [0.25, 0.3) is 11.1 Å². The maximum Gasteiger partial charge on any atom is 0.274 e. The van der Waals surface area contributed by atoms with Crippen molar-refractivity contribution in [3.63, 3.8) is 0 Å². The third-order valence-corrected chi connectivity index (χ3v) is 2.43. The van der Waals surface area contributed by atoms with E-state index in [0.717, 1.165) is 5.56 Å². The van der Waals surface area contributed by atoms with E-state index < -0.39 is 0 Å². The molecule has 0 atom stereocenters. The summed E-state index contributed by atoms with van der Waals surface area (Å²) in [7, 11) is 0. The van der Waals surface area contributed by atoms with Crippen LogP contribution in [0.3, 0.4) is 0 Å². The van der Waals surface area contributed by atoms with Gasteiger partial charge >= 0.3 is 0 Å². The van der Waals surface area contributed by atoms with Crippen LogP contribution < -0.4 is 16.8 Å². The second-order valence-corrected chi connectivity index (χ2v) is 3.68. The lowest BCUT2D eigenvalue weighted by molar-refractivity contribution is 0.0946. The van der Waals surface area contributed by atoms with Crippen LogP contribution in [0, 0.1) is 0 Å². The molecule has 0 unspecified atom stereocenters. The highest BCUT2D eigenvalue weighted by molar-refractivity contribution is 6.01.